The molecule has 0 bridgehead atoms. The molecule has 0 saturated carbocycles. The summed E-state index contributed by atoms with van der Waals surface area (Å²) in [5.41, 5.74) is 1.24. The smallest absolute Gasteiger partial charge is 0.250 e. The maximum absolute atomic E-state index is 13.0. The van der Waals surface area contributed by atoms with Crippen molar-refractivity contribution in [1.82, 2.24) is 5.32 Å². The van der Waals surface area contributed by atoms with E-state index in [2.05, 4.69) is 5.32 Å². The Morgan fingerprint density at radius 3 is 2.78 bits per heavy atom. The average molecular weight is 250 g/mol. The first kappa shape index (κ1) is 12.5. The van der Waals surface area contributed by atoms with Crippen molar-refractivity contribution in [3.8, 4) is 0 Å². The van der Waals surface area contributed by atoms with Gasteiger partial charge in [-0.2, -0.15) is 0 Å². The number of carbonyl (C=O) groups excluding carboxylic acids is 2. The van der Waals surface area contributed by atoms with E-state index in [1.54, 1.807) is 6.92 Å². The highest BCUT2D eigenvalue weighted by Crippen LogP contribution is 2.23. The van der Waals surface area contributed by atoms with Crippen molar-refractivity contribution in [1.29, 1.82) is 0 Å². The zero-order valence-corrected chi connectivity index (χ0v) is 10.4. The lowest BCUT2D eigenvalue weighted by Crippen LogP contribution is -2.58. The Morgan fingerprint density at radius 1 is 1.44 bits per heavy atom. The van der Waals surface area contributed by atoms with E-state index in [9.17, 15) is 14.0 Å². The van der Waals surface area contributed by atoms with Gasteiger partial charge in [0.25, 0.3) is 0 Å². The van der Waals surface area contributed by atoms with E-state index < -0.39 is 6.04 Å². The molecule has 1 N–H and O–H groups in total. The number of hydrogen-bond acceptors (Lipinski definition) is 2. The molecule has 5 heteroatoms. The maximum atomic E-state index is 13.0. The van der Waals surface area contributed by atoms with Gasteiger partial charge in [-0.3, -0.25) is 9.59 Å². The van der Waals surface area contributed by atoms with Gasteiger partial charge in [0.05, 0.1) is 0 Å². The molecule has 1 unspecified atom stereocenters. The Labute approximate surface area is 105 Å². The van der Waals surface area contributed by atoms with E-state index in [4.69, 9.17) is 0 Å². The zero-order chi connectivity index (χ0) is 13.3. The van der Waals surface area contributed by atoms with Crippen molar-refractivity contribution in [3.05, 3.63) is 29.6 Å². The first-order chi connectivity index (χ1) is 8.52. The van der Waals surface area contributed by atoms with Crippen LogP contribution in [-0.2, 0) is 9.59 Å². The summed E-state index contributed by atoms with van der Waals surface area (Å²) in [6.45, 7) is 3.55. The van der Waals surface area contributed by atoms with Gasteiger partial charge in [0.2, 0.25) is 11.8 Å². The molecule has 0 radical (unpaired) electrons. The number of aryl methyl sites for hydroxylation is 1. The van der Waals surface area contributed by atoms with Gasteiger partial charge < -0.3 is 10.2 Å². The van der Waals surface area contributed by atoms with Crippen molar-refractivity contribution in [2.45, 2.75) is 26.3 Å². The van der Waals surface area contributed by atoms with Gasteiger partial charge in [-0.05, 0) is 37.1 Å². The van der Waals surface area contributed by atoms with Crippen molar-refractivity contribution in [3.63, 3.8) is 0 Å². The number of carbonyl (C=O) groups is 2. The summed E-state index contributed by atoms with van der Waals surface area (Å²) in [5.74, 6) is -0.686. The number of piperazine rings is 1. The largest absolute Gasteiger partial charge is 0.343 e. The maximum Gasteiger partial charge on any atom is 0.250 e. The molecule has 1 saturated heterocycles. The minimum atomic E-state index is -0.490. The first-order valence-electron chi connectivity index (χ1n) is 5.89. The molecule has 18 heavy (non-hydrogen) atoms. The second-order valence-corrected chi connectivity index (χ2v) is 4.38. The number of anilines is 1. The van der Waals surface area contributed by atoms with Crippen LogP contribution in [0.2, 0.25) is 0 Å². The molecular weight excluding hydrogens is 235 g/mol. The number of rotatable bonds is 2. The number of nitrogens with one attached hydrogen (secondary N) is 1. The summed E-state index contributed by atoms with van der Waals surface area (Å²) in [6, 6.07) is 3.70. The fourth-order valence-electron chi connectivity index (χ4n) is 2.11. The van der Waals surface area contributed by atoms with Crippen LogP contribution in [0.15, 0.2) is 18.2 Å². The van der Waals surface area contributed by atoms with Gasteiger partial charge in [0.15, 0.2) is 0 Å². The molecule has 1 aliphatic rings. The van der Waals surface area contributed by atoms with Crippen LogP contribution >= 0.6 is 0 Å². The Hall–Kier alpha value is -1.91. The molecule has 2 rings (SSSR count). The highest BCUT2D eigenvalue weighted by atomic mass is 19.1. The third-order valence-corrected chi connectivity index (χ3v) is 3.06. The number of nitrogens with zero attached hydrogens (tertiary/aromatic N) is 1. The van der Waals surface area contributed by atoms with Gasteiger partial charge in [-0.1, -0.05) is 6.92 Å². The molecular formula is C13H15FN2O2. The number of benzene rings is 1. The van der Waals surface area contributed by atoms with Crippen molar-refractivity contribution >= 4 is 17.5 Å². The molecule has 0 spiro atoms. The van der Waals surface area contributed by atoms with Crippen LogP contribution in [0, 0.1) is 12.7 Å². The van der Waals surface area contributed by atoms with Crippen molar-refractivity contribution < 1.29 is 14.0 Å². The Balaban J connectivity index is 2.36. The third-order valence-electron chi connectivity index (χ3n) is 3.06. The molecule has 1 aliphatic heterocycles. The van der Waals surface area contributed by atoms with E-state index in [-0.39, 0.29) is 24.2 Å². The highest BCUT2D eigenvalue weighted by molar-refractivity contribution is 6.06. The fraction of sp³-hybridized carbons (Fsp3) is 0.385. The summed E-state index contributed by atoms with van der Waals surface area (Å²) in [5, 5.41) is 2.64. The third kappa shape index (κ3) is 2.20. The van der Waals surface area contributed by atoms with E-state index >= 15 is 0 Å². The average Bonchev–Trinajstić information content (AvgIpc) is 2.32. The summed E-state index contributed by atoms with van der Waals surface area (Å²) in [4.78, 5) is 25.1. The van der Waals surface area contributed by atoms with Gasteiger partial charge in [-0.15, -0.1) is 0 Å². The lowest BCUT2D eigenvalue weighted by molar-refractivity contribution is -0.131. The lowest BCUT2D eigenvalue weighted by atomic mass is 10.1. The van der Waals surface area contributed by atoms with E-state index in [0.29, 0.717) is 17.7 Å². The van der Waals surface area contributed by atoms with E-state index in [1.807, 2.05) is 6.92 Å². The summed E-state index contributed by atoms with van der Waals surface area (Å²) in [7, 11) is 0. The predicted molar refractivity (Wildman–Crippen MR) is 65.7 cm³/mol. The Kier molecular flexibility index (Phi) is 3.32. The molecule has 1 aromatic carbocycles. The number of halogens is 1. The van der Waals surface area contributed by atoms with E-state index in [1.165, 1.54) is 23.1 Å². The molecule has 0 aromatic heterocycles. The molecule has 96 valence electrons. The van der Waals surface area contributed by atoms with Gasteiger partial charge in [-0.25, -0.2) is 4.39 Å². The molecule has 2 amide bonds. The predicted octanol–water partition coefficient (Wildman–Crippen LogP) is 1.38. The standard InChI is InChI=1S/C13H15FN2O2/c1-3-10-13(18)16(7-12(17)15-10)11-5-4-9(14)6-8(11)2/h4-6,10H,3,7H2,1-2H3,(H,15,17). The van der Waals surface area contributed by atoms with Crippen LogP contribution in [0.1, 0.15) is 18.9 Å². The van der Waals surface area contributed by atoms with Crippen molar-refractivity contribution in [2.24, 2.45) is 0 Å². The van der Waals surface area contributed by atoms with Crippen LogP contribution in [0.5, 0.6) is 0 Å². The van der Waals surface area contributed by atoms with Crippen LogP contribution < -0.4 is 10.2 Å². The van der Waals surface area contributed by atoms with Crippen LogP contribution in [0.3, 0.4) is 0 Å². The molecule has 4 nitrogen and oxygen atoms in total. The zero-order valence-electron chi connectivity index (χ0n) is 10.4. The van der Waals surface area contributed by atoms with Gasteiger partial charge >= 0.3 is 0 Å². The molecule has 0 aliphatic carbocycles. The lowest BCUT2D eigenvalue weighted by Gasteiger charge is -2.32. The normalized spacial score (nSPS) is 19.9. The molecule has 1 heterocycles. The minimum Gasteiger partial charge on any atom is -0.343 e. The number of amides is 2. The van der Waals surface area contributed by atoms with Crippen molar-refractivity contribution in [2.75, 3.05) is 11.4 Å². The second kappa shape index (κ2) is 4.76. The quantitative estimate of drug-likeness (QED) is 0.862. The molecule has 1 fully saturated rings. The number of hydrogen-bond donors (Lipinski definition) is 1. The monoisotopic (exact) mass is 250 g/mol. The van der Waals surface area contributed by atoms with Crippen LogP contribution in [-0.4, -0.2) is 24.4 Å². The highest BCUT2D eigenvalue weighted by Gasteiger charge is 2.32. The molecule has 1 atom stereocenters. The Bertz CT molecular complexity index is 502. The van der Waals surface area contributed by atoms with E-state index in [0.717, 1.165) is 0 Å². The topological polar surface area (TPSA) is 49.4 Å². The minimum absolute atomic E-state index is 0.0121. The van der Waals surface area contributed by atoms with Gasteiger partial charge in [0, 0.05) is 5.69 Å². The molecule has 1 aromatic rings. The van der Waals surface area contributed by atoms with Gasteiger partial charge in [0.1, 0.15) is 18.4 Å². The summed E-state index contributed by atoms with van der Waals surface area (Å²) < 4.78 is 13.0. The van der Waals surface area contributed by atoms with Crippen LogP contribution in [0.4, 0.5) is 10.1 Å². The van der Waals surface area contributed by atoms with Crippen LogP contribution in [0.25, 0.3) is 0 Å². The Morgan fingerprint density at radius 2 is 2.17 bits per heavy atom. The SMILES string of the molecule is CCC1NC(=O)CN(c2ccc(F)cc2C)C1=O. The summed E-state index contributed by atoms with van der Waals surface area (Å²) in [6.07, 6.45) is 0.543. The second-order valence-electron chi connectivity index (χ2n) is 4.38. The fourth-order valence-corrected chi connectivity index (χ4v) is 2.11. The first-order valence-corrected chi connectivity index (χ1v) is 5.89. The summed E-state index contributed by atoms with van der Waals surface area (Å²) >= 11 is 0.